The monoisotopic (exact) mass is 382 g/mol. The highest BCUT2D eigenvalue weighted by Gasteiger charge is 2.23. The van der Waals surface area contributed by atoms with E-state index in [9.17, 15) is 13.9 Å². The molecule has 7 heteroatoms. The number of aliphatic hydroxyl groups is 1. The first kappa shape index (κ1) is 15.9. The van der Waals surface area contributed by atoms with Crippen molar-refractivity contribution in [2.45, 2.75) is 12.7 Å². The van der Waals surface area contributed by atoms with E-state index in [1.807, 2.05) is 18.2 Å². The SMILES string of the molecule is Cn1nc2ccc(Br)cc2c1C(O)c1ccccc1OC(F)F. The van der Waals surface area contributed by atoms with Gasteiger partial charge in [-0.2, -0.15) is 13.9 Å². The van der Waals surface area contributed by atoms with Crippen LogP contribution in [0.2, 0.25) is 0 Å². The van der Waals surface area contributed by atoms with E-state index in [4.69, 9.17) is 0 Å². The van der Waals surface area contributed by atoms with Gasteiger partial charge in [-0.05, 0) is 24.3 Å². The predicted octanol–water partition coefficient (Wildman–Crippen LogP) is 4.02. The fraction of sp³-hybridized carbons (Fsp3) is 0.188. The minimum atomic E-state index is -2.96. The molecule has 0 saturated carbocycles. The van der Waals surface area contributed by atoms with Crippen molar-refractivity contribution in [3.63, 3.8) is 0 Å². The number of alkyl halides is 2. The number of rotatable bonds is 4. The van der Waals surface area contributed by atoms with E-state index in [2.05, 4.69) is 25.8 Å². The van der Waals surface area contributed by atoms with Crippen LogP contribution in [0.15, 0.2) is 46.9 Å². The number of fused-ring (bicyclic) bond motifs is 1. The smallest absolute Gasteiger partial charge is 0.387 e. The Bertz CT molecular complexity index is 851. The van der Waals surface area contributed by atoms with Gasteiger partial charge < -0.3 is 9.84 Å². The van der Waals surface area contributed by atoms with Gasteiger partial charge in [0.05, 0.1) is 11.2 Å². The molecule has 1 aromatic heterocycles. The number of para-hydroxylation sites is 1. The molecule has 1 unspecified atom stereocenters. The zero-order valence-corrected chi connectivity index (χ0v) is 13.7. The highest BCUT2D eigenvalue weighted by Crippen LogP contribution is 2.34. The molecule has 0 fully saturated rings. The Morgan fingerprint density at radius 2 is 1.96 bits per heavy atom. The van der Waals surface area contributed by atoms with Gasteiger partial charge in [0, 0.05) is 22.5 Å². The number of ether oxygens (including phenoxy) is 1. The summed E-state index contributed by atoms with van der Waals surface area (Å²) in [6.45, 7) is -2.96. The first-order chi connectivity index (χ1) is 11.0. The van der Waals surface area contributed by atoms with Crippen LogP contribution in [0.5, 0.6) is 5.75 Å². The van der Waals surface area contributed by atoms with Crippen LogP contribution in [0.3, 0.4) is 0 Å². The van der Waals surface area contributed by atoms with Gasteiger partial charge in [-0.1, -0.05) is 34.1 Å². The second-order valence-corrected chi connectivity index (χ2v) is 5.90. The molecule has 1 heterocycles. The fourth-order valence-electron chi connectivity index (χ4n) is 2.57. The summed E-state index contributed by atoms with van der Waals surface area (Å²) in [6, 6.07) is 11.7. The van der Waals surface area contributed by atoms with Gasteiger partial charge >= 0.3 is 6.61 Å². The summed E-state index contributed by atoms with van der Waals surface area (Å²) in [5.74, 6) is -0.0562. The topological polar surface area (TPSA) is 47.3 Å². The Kier molecular flexibility index (Phi) is 4.32. The second-order valence-electron chi connectivity index (χ2n) is 4.99. The maximum absolute atomic E-state index is 12.6. The summed E-state index contributed by atoms with van der Waals surface area (Å²) in [4.78, 5) is 0. The summed E-state index contributed by atoms with van der Waals surface area (Å²) < 4.78 is 32.0. The van der Waals surface area contributed by atoms with Gasteiger partial charge in [-0.25, -0.2) is 0 Å². The van der Waals surface area contributed by atoms with E-state index in [-0.39, 0.29) is 11.3 Å². The summed E-state index contributed by atoms with van der Waals surface area (Å²) in [5.41, 5.74) is 1.47. The lowest BCUT2D eigenvalue weighted by Crippen LogP contribution is -2.11. The van der Waals surface area contributed by atoms with E-state index in [1.165, 1.54) is 6.07 Å². The molecule has 0 spiro atoms. The molecule has 3 rings (SSSR count). The average molecular weight is 383 g/mol. The van der Waals surface area contributed by atoms with Crippen molar-refractivity contribution in [1.29, 1.82) is 0 Å². The van der Waals surface area contributed by atoms with Crippen LogP contribution in [0, 0.1) is 0 Å². The van der Waals surface area contributed by atoms with Gasteiger partial charge in [0.2, 0.25) is 0 Å². The zero-order valence-electron chi connectivity index (χ0n) is 12.1. The van der Waals surface area contributed by atoms with Gasteiger partial charge in [0.1, 0.15) is 11.9 Å². The fourth-order valence-corrected chi connectivity index (χ4v) is 2.93. The molecule has 0 amide bonds. The summed E-state index contributed by atoms with van der Waals surface area (Å²) in [6.07, 6.45) is -1.14. The van der Waals surface area contributed by atoms with Crippen LogP contribution in [0.25, 0.3) is 10.9 Å². The molecule has 0 aliphatic carbocycles. The zero-order chi connectivity index (χ0) is 16.6. The van der Waals surface area contributed by atoms with Crippen molar-refractivity contribution in [2.75, 3.05) is 0 Å². The molecule has 4 nitrogen and oxygen atoms in total. The van der Waals surface area contributed by atoms with Crippen molar-refractivity contribution in [3.05, 3.63) is 58.2 Å². The van der Waals surface area contributed by atoms with Gasteiger partial charge in [-0.3, -0.25) is 4.68 Å². The van der Waals surface area contributed by atoms with Crippen molar-refractivity contribution in [3.8, 4) is 5.75 Å². The van der Waals surface area contributed by atoms with Crippen LogP contribution in [0.4, 0.5) is 8.78 Å². The summed E-state index contributed by atoms with van der Waals surface area (Å²) in [7, 11) is 1.70. The second kappa shape index (κ2) is 6.25. The Morgan fingerprint density at radius 1 is 1.22 bits per heavy atom. The molecule has 120 valence electrons. The first-order valence-electron chi connectivity index (χ1n) is 6.81. The molecule has 3 aromatic rings. The maximum Gasteiger partial charge on any atom is 0.387 e. The molecule has 2 aromatic carbocycles. The molecule has 23 heavy (non-hydrogen) atoms. The number of hydrogen-bond donors (Lipinski definition) is 1. The van der Waals surface area contributed by atoms with Crippen LogP contribution in [-0.2, 0) is 7.05 Å². The molecule has 0 aliphatic rings. The molecule has 0 bridgehead atoms. The number of benzene rings is 2. The van der Waals surface area contributed by atoms with Crippen LogP contribution in [0.1, 0.15) is 17.4 Å². The third-order valence-electron chi connectivity index (χ3n) is 3.53. The molecule has 1 atom stereocenters. The molecule has 0 radical (unpaired) electrons. The molecule has 0 saturated heterocycles. The standard InChI is InChI=1S/C16H13BrF2N2O2/c1-21-14(11-8-9(17)6-7-12(11)20-21)15(22)10-4-2-3-5-13(10)23-16(18)19/h2-8,15-16,22H,1H3. The van der Waals surface area contributed by atoms with Gasteiger partial charge in [-0.15, -0.1) is 0 Å². The number of halogens is 3. The molecular formula is C16H13BrF2N2O2. The van der Waals surface area contributed by atoms with Crippen LogP contribution < -0.4 is 4.74 Å². The number of aromatic nitrogens is 2. The number of hydrogen-bond acceptors (Lipinski definition) is 3. The van der Waals surface area contributed by atoms with Crippen molar-refractivity contribution in [2.24, 2.45) is 7.05 Å². The lowest BCUT2D eigenvalue weighted by Gasteiger charge is -2.16. The van der Waals surface area contributed by atoms with E-state index < -0.39 is 12.7 Å². The molecule has 0 aliphatic heterocycles. The Hall–Kier alpha value is -1.99. The Labute approximate surface area is 139 Å². The third kappa shape index (κ3) is 3.07. The predicted molar refractivity (Wildman–Crippen MR) is 85.5 cm³/mol. The van der Waals surface area contributed by atoms with Crippen LogP contribution >= 0.6 is 15.9 Å². The van der Waals surface area contributed by atoms with Crippen molar-refractivity contribution < 1.29 is 18.6 Å². The highest BCUT2D eigenvalue weighted by molar-refractivity contribution is 9.10. The largest absolute Gasteiger partial charge is 0.434 e. The summed E-state index contributed by atoms with van der Waals surface area (Å²) >= 11 is 3.39. The molecular weight excluding hydrogens is 370 g/mol. The minimum Gasteiger partial charge on any atom is -0.434 e. The number of nitrogens with zero attached hydrogens (tertiary/aromatic N) is 2. The lowest BCUT2D eigenvalue weighted by atomic mass is 10.0. The minimum absolute atomic E-state index is 0.0562. The third-order valence-corrected chi connectivity index (χ3v) is 4.02. The quantitative estimate of drug-likeness (QED) is 0.741. The Balaban J connectivity index is 2.13. The highest BCUT2D eigenvalue weighted by atomic mass is 79.9. The van der Waals surface area contributed by atoms with Gasteiger partial charge in [0.15, 0.2) is 0 Å². The van der Waals surface area contributed by atoms with E-state index >= 15 is 0 Å². The van der Waals surface area contributed by atoms with Crippen molar-refractivity contribution >= 4 is 26.8 Å². The maximum atomic E-state index is 12.6. The molecule has 1 N–H and O–H groups in total. The van der Waals surface area contributed by atoms with E-state index in [0.29, 0.717) is 11.2 Å². The van der Waals surface area contributed by atoms with Crippen molar-refractivity contribution in [1.82, 2.24) is 9.78 Å². The van der Waals surface area contributed by atoms with E-state index in [0.717, 1.165) is 9.86 Å². The first-order valence-corrected chi connectivity index (χ1v) is 7.60. The Morgan fingerprint density at radius 3 is 2.70 bits per heavy atom. The van der Waals surface area contributed by atoms with Crippen LogP contribution in [-0.4, -0.2) is 21.5 Å². The normalized spacial score (nSPS) is 12.8. The number of aryl methyl sites for hydroxylation is 1. The van der Waals surface area contributed by atoms with Gasteiger partial charge in [0.25, 0.3) is 0 Å². The summed E-state index contributed by atoms with van der Waals surface area (Å²) in [5, 5.41) is 15.8. The van der Waals surface area contributed by atoms with E-state index in [1.54, 1.807) is 29.9 Å². The average Bonchev–Trinajstić information content (AvgIpc) is 2.81. The number of aliphatic hydroxyl groups excluding tert-OH is 1. The lowest BCUT2D eigenvalue weighted by molar-refractivity contribution is -0.0513.